The number of aromatic amines is 1. The summed E-state index contributed by atoms with van der Waals surface area (Å²) in [6.45, 7) is 3.52. The highest BCUT2D eigenvalue weighted by atomic mass is 19.1. The smallest absolute Gasteiger partial charge is 0.265 e. The van der Waals surface area contributed by atoms with Crippen LogP contribution in [0.4, 0.5) is 4.39 Å². The highest BCUT2D eigenvalue weighted by Gasteiger charge is 2.25. The first-order chi connectivity index (χ1) is 11.9. The van der Waals surface area contributed by atoms with Gasteiger partial charge >= 0.3 is 0 Å². The zero-order chi connectivity index (χ0) is 18.0. The van der Waals surface area contributed by atoms with E-state index < -0.39 is 17.0 Å². The molecule has 0 unspecified atom stereocenters. The minimum atomic E-state index is -0.794. The van der Waals surface area contributed by atoms with E-state index in [1.165, 1.54) is 23.0 Å². The van der Waals surface area contributed by atoms with E-state index in [-0.39, 0.29) is 17.3 Å². The fourth-order valence-electron chi connectivity index (χ4n) is 2.35. The molecule has 8 heteroatoms. The van der Waals surface area contributed by atoms with Gasteiger partial charge in [0.1, 0.15) is 11.4 Å². The maximum absolute atomic E-state index is 13.1. The molecule has 2 aromatic heterocycles. The third-order valence-electron chi connectivity index (χ3n) is 3.74. The Hall–Kier alpha value is -3.29. The van der Waals surface area contributed by atoms with Crippen molar-refractivity contribution in [2.24, 2.45) is 0 Å². The molecule has 3 aromatic rings. The van der Waals surface area contributed by atoms with Crippen LogP contribution < -0.4 is 10.9 Å². The van der Waals surface area contributed by atoms with Crippen molar-refractivity contribution in [1.82, 2.24) is 25.1 Å². The molecule has 2 N–H and O–H groups in total. The first-order valence-electron chi connectivity index (χ1n) is 7.55. The van der Waals surface area contributed by atoms with E-state index in [4.69, 9.17) is 0 Å². The standard InChI is InChI=1S/C17H16FN5O2/c1-17(2,11-4-6-12(18)7-5-11)22-15(25)13-10-19-16(21-14(13)24)23-9-3-8-20-23/h3-10H,1-2H3,(H,22,25)(H,19,21,24). The number of H-pyrrole nitrogens is 1. The van der Waals surface area contributed by atoms with Crippen LogP contribution in [0.25, 0.3) is 5.95 Å². The average molecular weight is 341 g/mol. The topological polar surface area (TPSA) is 92.7 Å². The van der Waals surface area contributed by atoms with Gasteiger partial charge < -0.3 is 5.32 Å². The fraction of sp³-hybridized carbons (Fsp3) is 0.176. The molecule has 7 nitrogen and oxygen atoms in total. The van der Waals surface area contributed by atoms with Crippen molar-refractivity contribution in [3.8, 4) is 5.95 Å². The SMILES string of the molecule is CC(C)(NC(=O)c1cnc(-n2cccn2)[nH]c1=O)c1ccc(F)cc1. The second-order valence-corrected chi connectivity index (χ2v) is 5.99. The van der Waals surface area contributed by atoms with Gasteiger partial charge in [0.25, 0.3) is 11.5 Å². The molecule has 0 aliphatic heterocycles. The van der Waals surface area contributed by atoms with Crippen molar-refractivity contribution < 1.29 is 9.18 Å². The molecule has 0 fully saturated rings. The number of rotatable bonds is 4. The van der Waals surface area contributed by atoms with Gasteiger partial charge in [0.05, 0.1) is 5.54 Å². The van der Waals surface area contributed by atoms with Crippen LogP contribution >= 0.6 is 0 Å². The number of amides is 1. The summed E-state index contributed by atoms with van der Waals surface area (Å²) in [6, 6.07) is 7.48. The minimum absolute atomic E-state index is 0.119. The number of hydrogen-bond donors (Lipinski definition) is 2. The van der Waals surface area contributed by atoms with Gasteiger partial charge in [-0.15, -0.1) is 0 Å². The molecule has 0 atom stereocenters. The summed E-state index contributed by atoms with van der Waals surface area (Å²) in [5.74, 6) is -0.722. The Labute approximate surface area is 142 Å². The fourth-order valence-corrected chi connectivity index (χ4v) is 2.35. The predicted molar refractivity (Wildman–Crippen MR) is 88.9 cm³/mol. The first kappa shape index (κ1) is 16.6. The Morgan fingerprint density at radius 1 is 1.28 bits per heavy atom. The summed E-state index contributed by atoms with van der Waals surface area (Å²) in [5, 5.41) is 6.72. The van der Waals surface area contributed by atoms with Crippen molar-refractivity contribution in [1.29, 1.82) is 0 Å². The Balaban J connectivity index is 1.83. The van der Waals surface area contributed by atoms with E-state index in [2.05, 4.69) is 20.4 Å². The van der Waals surface area contributed by atoms with Gasteiger partial charge in [0.15, 0.2) is 0 Å². The van der Waals surface area contributed by atoms with Gasteiger partial charge in [-0.25, -0.2) is 14.1 Å². The molecule has 0 radical (unpaired) electrons. The van der Waals surface area contributed by atoms with E-state index in [9.17, 15) is 14.0 Å². The zero-order valence-electron chi connectivity index (χ0n) is 13.7. The Morgan fingerprint density at radius 2 is 2.00 bits per heavy atom. The molecule has 25 heavy (non-hydrogen) atoms. The molecule has 1 amide bonds. The van der Waals surface area contributed by atoms with Crippen LogP contribution in [0, 0.1) is 5.82 Å². The van der Waals surface area contributed by atoms with E-state index in [1.54, 1.807) is 44.4 Å². The van der Waals surface area contributed by atoms with Crippen molar-refractivity contribution >= 4 is 5.91 Å². The summed E-state index contributed by atoms with van der Waals surface area (Å²) in [7, 11) is 0. The summed E-state index contributed by atoms with van der Waals surface area (Å²) < 4.78 is 14.4. The molecule has 0 spiro atoms. The minimum Gasteiger partial charge on any atom is -0.343 e. The highest BCUT2D eigenvalue weighted by molar-refractivity contribution is 5.94. The van der Waals surface area contributed by atoms with E-state index in [1.807, 2.05) is 0 Å². The van der Waals surface area contributed by atoms with E-state index in [0.717, 1.165) is 0 Å². The van der Waals surface area contributed by atoms with Crippen LogP contribution in [0.2, 0.25) is 0 Å². The second kappa shape index (κ2) is 6.31. The maximum atomic E-state index is 13.1. The van der Waals surface area contributed by atoms with Crippen molar-refractivity contribution in [3.05, 3.63) is 76.2 Å². The number of benzene rings is 1. The third-order valence-corrected chi connectivity index (χ3v) is 3.74. The Bertz CT molecular complexity index is 946. The normalized spacial score (nSPS) is 11.3. The first-order valence-corrected chi connectivity index (χ1v) is 7.55. The summed E-state index contributed by atoms with van der Waals surface area (Å²) in [5.41, 5.74) is -0.781. The van der Waals surface area contributed by atoms with Gasteiger partial charge in [-0.05, 0) is 37.6 Å². The molecule has 2 heterocycles. The molecule has 1 aromatic carbocycles. The largest absolute Gasteiger partial charge is 0.343 e. The van der Waals surface area contributed by atoms with Gasteiger partial charge in [-0.2, -0.15) is 5.10 Å². The van der Waals surface area contributed by atoms with Gasteiger partial charge in [-0.1, -0.05) is 12.1 Å². The number of halogens is 1. The van der Waals surface area contributed by atoms with Crippen LogP contribution in [-0.2, 0) is 5.54 Å². The van der Waals surface area contributed by atoms with E-state index in [0.29, 0.717) is 5.56 Å². The van der Waals surface area contributed by atoms with Gasteiger partial charge in [-0.3, -0.25) is 14.6 Å². The number of nitrogens with one attached hydrogen (secondary N) is 2. The highest BCUT2D eigenvalue weighted by Crippen LogP contribution is 2.20. The van der Waals surface area contributed by atoms with Crippen LogP contribution in [0.5, 0.6) is 0 Å². The molecule has 128 valence electrons. The Kier molecular flexibility index (Phi) is 4.18. The van der Waals surface area contributed by atoms with Gasteiger partial charge in [0, 0.05) is 18.6 Å². The van der Waals surface area contributed by atoms with Crippen LogP contribution in [0.15, 0.2) is 53.7 Å². The lowest BCUT2D eigenvalue weighted by atomic mass is 9.94. The average Bonchev–Trinajstić information content (AvgIpc) is 3.09. The molecular weight excluding hydrogens is 325 g/mol. The Morgan fingerprint density at radius 3 is 2.60 bits per heavy atom. The van der Waals surface area contributed by atoms with Crippen molar-refractivity contribution in [2.75, 3.05) is 0 Å². The summed E-state index contributed by atoms with van der Waals surface area (Å²) in [6.07, 6.45) is 4.37. The lowest BCUT2D eigenvalue weighted by Gasteiger charge is -2.26. The molecule has 0 saturated carbocycles. The second-order valence-electron chi connectivity index (χ2n) is 5.99. The molecule has 0 aliphatic carbocycles. The number of hydrogen-bond acceptors (Lipinski definition) is 4. The third kappa shape index (κ3) is 3.47. The lowest BCUT2D eigenvalue weighted by Crippen LogP contribution is -2.43. The number of carbonyl (C=O) groups is 1. The van der Waals surface area contributed by atoms with Crippen LogP contribution in [-0.4, -0.2) is 25.7 Å². The monoisotopic (exact) mass is 341 g/mol. The molecule has 3 rings (SSSR count). The van der Waals surface area contributed by atoms with Crippen LogP contribution in [0.1, 0.15) is 29.8 Å². The summed E-state index contributed by atoms with van der Waals surface area (Å²) in [4.78, 5) is 31.2. The number of carbonyl (C=O) groups excluding carboxylic acids is 1. The number of aromatic nitrogens is 4. The van der Waals surface area contributed by atoms with Gasteiger partial charge in [0.2, 0.25) is 5.95 Å². The van der Waals surface area contributed by atoms with E-state index >= 15 is 0 Å². The predicted octanol–water partition coefficient (Wildman–Crippen LogP) is 1.76. The number of nitrogens with zero attached hydrogens (tertiary/aromatic N) is 3. The van der Waals surface area contributed by atoms with Crippen molar-refractivity contribution in [2.45, 2.75) is 19.4 Å². The zero-order valence-corrected chi connectivity index (χ0v) is 13.7. The molecule has 0 saturated heterocycles. The van der Waals surface area contributed by atoms with Crippen LogP contribution in [0.3, 0.4) is 0 Å². The van der Waals surface area contributed by atoms with Crippen molar-refractivity contribution in [3.63, 3.8) is 0 Å². The maximum Gasteiger partial charge on any atom is 0.265 e. The molecule has 0 bridgehead atoms. The quantitative estimate of drug-likeness (QED) is 0.756. The molecule has 0 aliphatic rings. The summed E-state index contributed by atoms with van der Waals surface area (Å²) >= 11 is 0. The lowest BCUT2D eigenvalue weighted by molar-refractivity contribution is 0.0910. The molecular formula is C17H16FN5O2.